The topological polar surface area (TPSA) is 3.24 Å². The highest BCUT2D eigenvalue weighted by molar-refractivity contribution is 14.1. The molecule has 170 valence electrons. The van der Waals surface area contributed by atoms with Crippen molar-refractivity contribution in [2.24, 2.45) is 0 Å². The molecule has 1 aromatic heterocycles. The molecule has 0 spiro atoms. The number of anilines is 2. The summed E-state index contributed by atoms with van der Waals surface area (Å²) in [6.07, 6.45) is 13.7. The van der Waals surface area contributed by atoms with Crippen LogP contribution in [0, 0.1) is 0 Å². The zero-order valence-corrected chi connectivity index (χ0v) is 22.2. The van der Waals surface area contributed by atoms with Gasteiger partial charge in [0.05, 0.1) is 38.9 Å². The lowest BCUT2D eigenvalue weighted by molar-refractivity contribution is 0.444. The molecule has 2 aliphatic carbocycles. The van der Waals surface area contributed by atoms with Gasteiger partial charge in [-0.15, -0.1) is 11.3 Å². The quantitative estimate of drug-likeness (QED) is 0.176. The van der Waals surface area contributed by atoms with Gasteiger partial charge >= 0.3 is 0 Å². The van der Waals surface area contributed by atoms with Crippen LogP contribution in [0.5, 0.6) is 0 Å². The SMILES string of the molecule is IN(c1ccccc1C1CCCCC1)c1cccc2c1sc1c(C3CCCCC3)cccc12. The van der Waals surface area contributed by atoms with Gasteiger partial charge in [-0.3, -0.25) is 3.11 Å². The van der Waals surface area contributed by atoms with Gasteiger partial charge in [0.15, 0.2) is 0 Å². The van der Waals surface area contributed by atoms with Crippen molar-refractivity contribution in [3.05, 3.63) is 71.8 Å². The Morgan fingerprint density at radius 2 is 1.12 bits per heavy atom. The number of rotatable bonds is 4. The molecular formula is C30H32INS. The Labute approximate surface area is 215 Å². The maximum absolute atomic E-state index is 2.56. The molecule has 3 aromatic carbocycles. The van der Waals surface area contributed by atoms with Gasteiger partial charge < -0.3 is 0 Å². The second kappa shape index (κ2) is 9.58. The van der Waals surface area contributed by atoms with E-state index >= 15 is 0 Å². The first kappa shape index (κ1) is 21.9. The third-order valence-electron chi connectivity index (χ3n) is 7.98. The summed E-state index contributed by atoms with van der Waals surface area (Å²) in [6, 6.07) is 23.1. The number of halogens is 1. The Morgan fingerprint density at radius 3 is 1.85 bits per heavy atom. The number of hydrogen-bond donors (Lipinski definition) is 0. The van der Waals surface area contributed by atoms with Crippen LogP contribution < -0.4 is 3.11 Å². The normalized spacial score (nSPS) is 18.2. The molecular weight excluding hydrogens is 533 g/mol. The maximum atomic E-state index is 2.56. The Kier molecular flexibility index (Phi) is 6.36. The van der Waals surface area contributed by atoms with Crippen molar-refractivity contribution in [2.45, 2.75) is 76.0 Å². The zero-order chi connectivity index (χ0) is 22.2. The third-order valence-corrected chi connectivity index (χ3v) is 10.3. The van der Waals surface area contributed by atoms with Gasteiger partial charge in [0.25, 0.3) is 0 Å². The van der Waals surface area contributed by atoms with Crippen LogP contribution in [-0.4, -0.2) is 0 Å². The molecule has 0 bridgehead atoms. The molecule has 0 amide bonds. The fourth-order valence-electron chi connectivity index (χ4n) is 6.27. The van der Waals surface area contributed by atoms with E-state index in [0.29, 0.717) is 5.92 Å². The summed E-state index contributed by atoms with van der Waals surface area (Å²) >= 11 is 4.59. The van der Waals surface area contributed by atoms with Crippen molar-refractivity contribution >= 4 is 65.7 Å². The first-order valence-corrected chi connectivity index (χ1v) is 14.6. The van der Waals surface area contributed by atoms with E-state index in [1.165, 1.54) is 101 Å². The molecule has 1 heterocycles. The minimum Gasteiger partial charge on any atom is -0.281 e. The van der Waals surface area contributed by atoms with E-state index in [1.807, 2.05) is 11.3 Å². The number of nitrogens with zero attached hydrogens (tertiary/aromatic N) is 1. The minimum absolute atomic E-state index is 0.701. The number of benzene rings is 3. The van der Waals surface area contributed by atoms with Crippen LogP contribution in [0.3, 0.4) is 0 Å². The van der Waals surface area contributed by atoms with Gasteiger partial charge in [0.2, 0.25) is 0 Å². The average Bonchev–Trinajstić information content (AvgIpc) is 3.28. The molecule has 0 radical (unpaired) electrons. The maximum Gasteiger partial charge on any atom is 0.0689 e. The summed E-state index contributed by atoms with van der Waals surface area (Å²) in [5.74, 6) is 1.44. The highest BCUT2D eigenvalue weighted by atomic mass is 127. The van der Waals surface area contributed by atoms with Crippen molar-refractivity contribution in [3.8, 4) is 0 Å². The highest BCUT2D eigenvalue weighted by Crippen LogP contribution is 2.48. The first-order chi connectivity index (χ1) is 16.3. The average molecular weight is 566 g/mol. The molecule has 0 saturated heterocycles. The molecule has 0 unspecified atom stereocenters. The Hall–Kier alpha value is -1.59. The summed E-state index contributed by atoms with van der Waals surface area (Å²) in [7, 11) is 0. The molecule has 4 aromatic rings. The van der Waals surface area contributed by atoms with Gasteiger partial charge in [-0.25, -0.2) is 0 Å². The second-order valence-corrected chi connectivity index (χ2v) is 12.0. The zero-order valence-electron chi connectivity index (χ0n) is 19.2. The summed E-state index contributed by atoms with van der Waals surface area (Å²) in [5.41, 5.74) is 5.85. The molecule has 33 heavy (non-hydrogen) atoms. The van der Waals surface area contributed by atoms with Crippen molar-refractivity contribution in [2.75, 3.05) is 3.11 Å². The van der Waals surface area contributed by atoms with Crippen LogP contribution in [0.1, 0.15) is 87.2 Å². The second-order valence-electron chi connectivity index (χ2n) is 9.99. The van der Waals surface area contributed by atoms with Crippen LogP contribution >= 0.6 is 34.2 Å². The van der Waals surface area contributed by atoms with Crippen LogP contribution in [0.2, 0.25) is 0 Å². The predicted molar refractivity (Wildman–Crippen MR) is 154 cm³/mol. The van der Waals surface area contributed by atoms with E-state index in [2.05, 4.69) is 86.6 Å². The van der Waals surface area contributed by atoms with Gasteiger partial charge in [0, 0.05) is 15.5 Å². The number of hydrogen-bond acceptors (Lipinski definition) is 2. The number of thiophene rings is 1. The third kappa shape index (κ3) is 4.10. The molecule has 3 heteroatoms. The summed E-state index contributed by atoms with van der Waals surface area (Å²) in [4.78, 5) is 0. The predicted octanol–water partition coefficient (Wildman–Crippen LogP) is 10.6. The van der Waals surface area contributed by atoms with E-state index < -0.39 is 0 Å². The van der Waals surface area contributed by atoms with E-state index in [9.17, 15) is 0 Å². The van der Waals surface area contributed by atoms with E-state index in [-0.39, 0.29) is 0 Å². The monoisotopic (exact) mass is 565 g/mol. The number of fused-ring (bicyclic) bond motifs is 3. The summed E-state index contributed by atoms with van der Waals surface area (Å²) < 4.78 is 5.40. The Bertz CT molecular complexity index is 1260. The fourth-order valence-corrected chi connectivity index (χ4v) is 8.67. The number of para-hydroxylation sites is 1. The molecule has 0 N–H and O–H groups in total. The van der Waals surface area contributed by atoms with Gasteiger partial charge in [-0.2, -0.15) is 0 Å². The van der Waals surface area contributed by atoms with Crippen molar-refractivity contribution < 1.29 is 0 Å². The highest BCUT2D eigenvalue weighted by Gasteiger charge is 2.24. The molecule has 0 aliphatic heterocycles. The van der Waals surface area contributed by atoms with Gasteiger partial charge in [-0.1, -0.05) is 87.1 Å². The molecule has 1 nitrogen and oxygen atoms in total. The lowest BCUT2D eigenvalue weighted by Gasteiger charge is -2.28. The summed E-state index contributed by atoms with van der Waals surface area (Å²) in [6.45, 7) is 0. The lowest BCUT2D eigenvalue weighted by atomic mass is 9.83. The standard InChI is InChI=1S/C30H32INS/c31-32(27-19-8-7-15-23(27)21-11-3-1-4-12-21)28-20-10-18-26-25-17-9-16-24(29(25)33-30(26)28)22-13-5-2-6-14-22/h7-10,15-22H,1-6,11-14H2. The fraction of sp³-hybridized carbons (Fsp3) is 0.400. The van der Waals surface area contributed by atoms with Crippen LogP contribution in [-0.2, 0) is 0 Å². The van der Waals surface area contributed by atoms with Crippen LogP contribution in [0.15, 0.2) is 60.7 Å². The van der Waals surface area contributed by atoms with Crippen molar-refractivity contribution in [1.82, 2.24) is 0 Å². The van der Waals surface area contributed by atoms with Crippen LogP contribution in [0.25, 0.3) is 20.2 Å². The van der Waals surface area contributed by atoms with Gasteiger partial charge in [0.1, 0.15) is 0 Å². The van der Waals surface area contributed by atoms with Crippen molar-refractivity contribution in [1.29, 1.82) is 0 Å². The lowest BCUT2D eigenvalue weighted by Crippen LogP contribution is -2.10. The Morgan fingerprint density at radius 1 is 0.576 bits per heavy atom. The smallest absolute Gasteiger partial charge is 0.0689 e. The molecule has 0 atom stereocenters. The van der Waals surface area contributed by atoms with Crippen molar-refractivity contribution in [3.63, 3.8) is 0 Å². The largest absolute Gasteiger partial charge is 0.281 e. The van der Waals surface area contributed by atoms with Crippen LogP contribution in [0.4, 0.5) is 11.4 Å². The van der Waals surface area contributed by atoms with Gasteiger partial charge in [-0.05, 0) is 60.8 Å². The Balaban J connectivity index is 1.46. The van der Waals surface area contributed by atoms with E-state index in [1.54, 1.807) is 5.56 Å². The molecule has 2 saturated carbocycles. The molecule has 2 aliphatic rings. The molecule has 2 fully saturated rings. The minimum atomic E-state index is 0.701. The van der Waals surface area contributed by atoms with E-state index in [0.717, 1.165) is 5.92 Å². The molecule has 6 rings (SSSR count). The van der Waals surface area contributed by atoms with E-state index in [4.69, 9.17) is 0 Å². The first-order valence-electron chi connectivity index (χ1n) is 12.8. The summed E-state index contributed by atoms with van der Waals surface area (Å²) in [5, 5.41) is 2.87.